The number of carboxylic acid groups (broad SMARTS) is 1. The summed E-state index contributed by atoms with van der Waals surface area (Å²) < 4.78 is 5.77. The average Bonchev–Trinajstić information content (AvgIpc) is 3.28. The first kappa shape index (κ1) is 15.3. The van der Waals surface area contributed by atoms with Crippen molar-refractivity contribution >= 4 is 11.9 Å². The van der Waals surface area contributed by atoms with Crippen LogP contribution in [0.25, 0.3) is 11.3 Å². The minimum atomic E-state index is -0.846. The van der Waals surface area contributed by atoms with E-state index in [1.807, 2.05) is 44.2 Å². The monoisotopic (exact) mass is 313 g/mol. The highest BCUT2D eigenvalue weighted by molar-refractivity contribution is 6.01. The van der Waals surface area contributed by atoms with Crippen molar-refractivity contribution in [2.75, 3.05) is 6.54 Å². The maximum Gasteiger partial charge on any atom is 0.311 e. The molecule has 1 aliphatic rings. The zero-order chi connectivity index (χ0) is 16.6. The minimum absolute atomic E-state index is 0.152. The predicted molar refractivity (Wildman–Crippen MR) is 85.3 cm³/mol. The Morgan fingerprint density at radius 1 is 1.22 bits per heavy atom. The van der Waals surface area contributed by atoms with Gasteiger partial charge in [0.25, 0.3) is 5.91 Å². The zero-order valence-corrected chi connectivity index (χ0v) is 13.2. The van der Waals surface area contributed by atoms with Crippen molar-refractivity contribution in [3.63, 3.8) is 0 Å². The van der Waals surface area contributed by atoms with Gasteiger partial charge in [-0.1, -0.05) is 30.3 Å². The fourth-order valence-electron chi connectivity index (χ4n) is 2.65. The van der Waals surface area contributed by atoms with Gasteiger partial charge in [-0.25, -0.2) is 0 Å². The molecule has 0 spiro atoms. The molecule has 1 aliphatic carbocycles. The molecule has 1 aromatic heterocycles. The number of carboxylic acids is 1. The van der Waals surface area contributed by atoms with E-state index in [2.05, 4.69) is 5.32 Å². The van der Waals surface area contributed by atoms with Gasteiger partial charge in [0.05, 0.1) is 11.0 Å². The van der Waals surface area contributed by atoms with E-state index in [0.29, 0.717) is 29.9 Å². The Morgan fingerprint density at radius 2 is 1.87 bits per heavy atom. The number of hydrogen-bond acceptors (Lipinski definition) is 3. The summed E-state index contributed by atoms with van der Waals surface area (Å²) in [5, 5.41) is 12.0. The van der Waals surface area contributed by atoms with Crippen LogP contribution in [-0.4, -0.2) is 23.5 Å². The molecule has 1 saturated carbocycles. The Balaban J connectivity index is 1.87. The highest BCUT2D eigenvalue weighted by Gasteiger charge is 2.50. The summed E-state index contributed by atoms with van der Waals surface area (Å²) in [5.74, 6) is 0.0820. The molecule has 5 heteroatoms. The lowest BCUT2D eigenvalue weighted by Gasteiger charge is -2.11. The second kappa shape index (κ2) is 5.57. The van der Waals surface area contributed by atoms with Crippen molar-refractivity contribution < 1.29 is 19.1 Å². The van der Waals surface area contributed by atoms with Crippen LogP contribution in [0, 0.1) is 19.3 Å². The summed E-state index contributed by atoms with van der Waals surface area (Å²) in [7, 11) is 0. The molecule has 0 aliphatic heterocycles. The standard InChI is InChI=1S/C18H19NO4/c1-11-12(2)23-15(13-6-4-3-5-7-13)14(11)16(20)19-10-18(8-9-18)17(21)22/h3-7H,8-10H2,1-2H3,(H,19,20)(H,21,22). The zero-order valence-electron chi connectivity index (χ0n) is 13.2. The fraction of sp³-hybridized carbons (Fsp3) is 0.333. The van der Waals surface area contributed by atoms with Gasteiger partial charge in [0.1, 0.15) is 11.5 Å². The Bertz CT molecular complexity index is 757. The average molecular weight is 313 g/mol. The fourth-order valence-corrected chi connectivity index (χ4v) is 2.65. The Morgan fingerprint density at radius 3 is 2.43 bits per heavy atom. The predicted octanol–water partition coefficient (Wildman–Crippen LogP) is 3.16. The number of amides is 1. The van der Waals surface area contributed by atoms with E-state index in [1.165, 1.54) is 0 Å². The summed E-state index contributed by atoms with van der Waals surface area (Å²) in [4.78, 5) is 23.8. The van der Waals surface area contributed by atoms with Gasteiger partial charge in [0.15, 0.2) is 0 Å². The molecule has 0 saturated heterocycles. The van der Waals surface area contributed by atoms with Crippen LogP contribution in [0.4, 0.5) is 0 Å². The summed E-state index contributed by atoms with van der Waals surface area (Å²) in [5.41, 5.74) is 1.31. The quantitative estimate of drug-likeness (QED) is 0.888. The lowest BCUT2D eigenvalue weighted by atomic mass is 10.0. The van der Waals surface area contributed by atoms with Crippen molar-refractivity contribution in [1.82, 2.24) is 5.32 Å². The largest absolute Gasteiger partial charge is 0.481 e. The van der Waals surface area contributed by atoms with Crippen LogP contribution in [0.15, 0.2) is 34.7 Å². The molecule has 3 rings (SSSR count). The van der Waals surface area contributed by atoms with Crippen molar-refractivity contribution in [2.24, 2.45) is 5.41 Å². The number of rotatable bonds is 5. The molecule has 2 aromatic rings. The van der Waals surface area contributed by atoms with Crippen LogP contribution < -0.4 is 5.32 Å². The van der Waals surface area contributed by atoms with Gasteiger partial charge >= 0.3 is 5.97 Å². The number of benzene rings is 1. The van der Waals surface area contributed by atoms with Crippen molar-refractivity contribution in [3.8, 4) is 11.3 Å². The smallest absolute Gasteiger partial charge is 0.311 e. The molecule has 0 atom stereocenters. The number of furan rings is 1. The third-order valence-corrected chi connectivity index (χ3v) is 4.54. The number of hydrogen-bond donors (Lipinski definition) is 2. The lowest BCUT2D eigenvalue weighted by molar-refractivity contribution is -0.143. The lowest BCUT2D eigenvalue weighted by Crippen LogP contribution is -2.34. The Kier molecular flexibility index (Phi) is 3.72. The van der Waals surface area contributed by atoms with Crippen LogP contribution in [-0.2, 0) is 4.79 Å². The number of aliphatic carboxylic acids is 1. The third kappa shape index (κ3) is 2.74. The first-order chi connectivity index (χ1) is 10.9. The number of carbonyl (C=O) groups is 2. The van der Waals surface area contributed by atoms with Gasteiger partial charge in [-0.05, 0) is 26.7 Å². The molecule has 0 radical (unpaired) electrons. The second-order valence-corrected chi connectivity index (χ2v) is 6.12. The van der Waals surface area contributed by atoms with Crippen LogP contribution in [0.1, 0.15) is 34.5 Å². The number of nitrogens with one attached hydrogen (secondary N) is 1. The van der Waals surface area contributed by atoms with Crippen molar-refractivity contribution in [2.45, 2.75) is 26.7 Å². The summed E-state index contributed by atoms with van der Waals surface area (Å²) in [6.07, 6.45) is 1.22. The molecule has 2 N–H and O–H groups in total. The Labute approximate surface area is 134 Å². The van der Waals surface area contributed by atoms with E-state index >= 15 is 0 Å². The molecule has 120 valence electrons. The van der Waals surface area contributed by atoms with Crippen LogP contribution in [0.3, 0.4) is 0 Å². The molecule has 1 fully saturated rings. The van der Waals surface area contributed by atoms with Gasteiger partial charge in [0.2, 0.25) is 0 Å². The molecule has 1 heterocycles. The molecule has 1 aromatic carbocycles. The van der Waals surface area contributed by atoms with Gasteiger partial charge in [-0.3, -0.25) is 9.59 Å². The van der Waals surface area contributed by atoms with Gasteiger partial charge < -0.3 is 14.8 Å². The first-order valence-corrected chi connectivity index (χ1v) is 7.62. The van der Waals surface area contributed by atoms with E-state index in [-0.39, 0.29) is 12.5 Å². The normalized spacial score (nSPS) is 15.2. The highest BCUT2D eigenvalue weighted by atomic mass is 16.4. The second-order valence-electron chi connectivity index (χ2n) is 6.12. The van der Waals surface area contributed by atoms with E-state index < -0.39 is 11.4 Å². The first-order valence-electron chi connectivity index (χ1n) is 7.62. The van der Waals surface area contributed by atoms with Gasteiger partial charge in [-0.15, -0.1) is 0 Å². The molecule has 5 nitrogen and oxygen atoms in total. The van der Waals surface area contributed by atoms with Crippen molar-refractivity contribution in [3.05, 3.63) is 47.2 Å². The van der Waals surface area contributed by atoms with Crippen LogP contribution in [0.2, 0.25) is 0 Å². The Hall–Kier alpha value is -2.56. The topological polar surface area (TPSA) is 79.5 Å². The SMILES string of the molecule is Cc1oc(-c2ccccc2)c(C(=O)NCC2(C(=O)O)CC2)c1C. The summed E-state index contributed by atoms with van der Waals surface area (Å²) >= 11 is 0. The third-order valence-electron chi connectivity index (χ3n) is 4.54. The van der Waals surface area contributed by atoms with E-state index in [1.54, 1.807) is 0 Å². The summed E-state index contributed by atoms with van der Waals surface area (Å²) in [6, 6.07) is 9.43. The van der Waals surface area contributed by atoms with E-state index in [9.17, 15) is 14.7 Å². The van der Waals surface area contributed by atoms with Gasteiger partial charge in [0, 0.05) is 17.7 Å². The maximum atomic E-state index is 12.6. The molecule has 0 unspecified atom stereocenters. The maximum absolute atomic E-state index is 12.6. The van der Waals surface area contributed by atoms with E-state index in [4.69, 9.17) is 4.42 Å². The molecule has 23 heavy (non-hydrogen) atoms. The van der Waals surface area contributed by atoms with Crippen LogP contribution in [0.5, 0.6) is 0 Å². The molecule has 0 bridgehead atoms. The molecule has 1 amide bonds. The number of aryl methyl sites for hydroxylation is 1. The molecular formula is C18H19NO4. The van der Waals surface area contributed by atoms with Crippen LogP contribution >= 0.6 is 0 Å². The van der Waals surface area contributed by atoms with Crippen molar-refractivity contribution in [1.29, 1.82) is 0 Å². The number of carbonyl (C=O) groups excluding carboxylic acids is 1. The highest BCUT2D eigenvalue weighted by Crippen LogP contribution is 2.45. The molecular weight excluding hydrogens is 294 g/mol. The summed E-state index contributed by atoms with van der Waals surface area (Å²) in [6.45, 7) is 3.81. The van der Waals surface area contributed by atoms with E-state index in [0.717, 1.165) is 11.1 Å². The minimum Gasteiger partial charge on any atom is -0.481 e. The van der Waals surface area contributed by atoms with Gasteiger partial charge in [-0.2, -0.15) is 0 Å².